The van der Waals surface area contributed by atoms with Gasteiger partial charge in [0.2, 0.25) is 0 Å². The summed E-state index contributed by atoms with van der Waals surface area (Å²) in [5, 5.41) is 3.35. The predicted octanol–water partition coefficient (Wildman–Crippen LogP) is 3.52. The molecule has 1 aromatic carbocycles. The fourth-order valence-electron chi connectivity index (χ4n) is 2.63. The second-order valence-corrected chi connectivity index (χ2v) is 5.80. The van der Waals surface area contributed by atoms with Crippen molar-refractivity contribution in [2.24, 2.45) is 4.99 Å². The van der Waals surface area contributed by atoms with Crippen LogP contribution >= 0.6 is 0 Å². The molecule has 0 aromatic heterocycles. The summed E-state index contributed by atoms with van der Waals surface area (Å²) in [7, 11) is 2.00. The van der Waals surface area contributed by atoms with Crippen LogP contribution in [0.5, 0.6) is 0 Å². The Kier molecular flexibility index (Phi) is 5.75. The first kappa shape index (κ1) is 16.7. The Balaban J connectivity index is 2.00. The van der Waals surface area contributed by atoms with Crippen LogP contribution in [0.3, 0.4) is 0 Å². The lowest BCUT2D eigenvalue weighted by Gasteiger charge is -2.22. The average Bonchev–Trinajstić information content (AvgIpc) is 3.23. The third-order valence-electron chi connectivity index (χ3n) is 3.99. The monoisotopic (exact) mass is 309 g/mol. The zero-order valence-corrected chi connectivity index (χ0v) is 13.6. The molecule has 5 heteroatoms. The van der Waals surface area contributed by atoms with Crippen molar-refractivity contribution >= 4 is 5.96 Å². The van der Waals surface area contributed by atoms with E-state index < -0.39 is 11.6 Å². The fourth-order valence-corrected chi connectivity index (χ4v) is 2.63. The molecule has 0 aliphatic heterocycles. The van der Waals surface area contributed by atoms with Gasteiger partial charge in [0.1, 0.15) is 11.6 Å². The van der Waals surface area contributed by atoms with Gasteiger partial charge in [-0.1, -0.05) is 19.4 Å². The number of hydrogen-bond acceptors (Lipinski definition) is 1. The van der Waals surface area contributed by atoms with E-state index in [1.807, 2.05) is 14.0 Å². The summed E-state index contributed by atoms with van der Waals surface area (Å²) in [6.07, 6.45) is 2.95. The molecule has 2 rings (SSSR count). The third kappa shape index (κ3) is 3.96. The highest BCUT2D eigenvalue weighted by Crippen LogP contribution is 2.43. The van der Waals surface area contributed by atoms with Crippen LogP contribution in [0.2, 0.25) is 0 Å². The molecule has 1 aromatic rings. The molecule has 0 amide bonds. The molecule has 1 aliphatic carbocycles. The van der Waals surface area contributed by atoms with Crippen molar-refractivity contribution in [2.45, 2.75) is 45.1 Å². The van der Waals surface area contributed by atoms with Crippen molar-refractivity contribution in [3.05, 3.63) is 35.4 Å². The number of nitrogens with zero attached hydrogens (tertiary/aromatic N) is 2. The minimum absolute atomic E-state index is 0.0563. The van der Waals surface area contributed by atoms with E-state index in [4.69, 9.17) is 0 Å². The largest absolute Gasteiger partial charge is 0.353 e. The minimum atomic E-state index is -0.456. The molecule has 22 heavy (non-hydrogen) atoms. The molecule has 0 saturated heterocycles. The van der Waals surface area contributed by atoms with Gasteiger partial charge in [-0.25, -0.2) is 8.78 Å². The zero-order valence-electron chi connectivity index (χ0n) is 13.6. The summed E-state index contributed by atoms with van der Waals surface area (Å²) < 4.78 is 27.6. The lowest BCUT2D eigenvalue weighted by molar-refractivity contribution is 0.462. The number of aliphatic imine (C=N–C) groups is 1. The molecule has 1 N–H and O–H groups in total. The number of rotatable bonds is 6. The molecular formula is C17H25F2N3. The second-order valence-electron chi connectivity index (χ2n) is 5.80. The number of hydrogen-bond donors (Lipinski definition) is 1. The molecule has 1 saturated carbocycles. The Hall–Kier alpha value is -1.65. The van der Waals surface area contributed by atoms with Gasteiger partial charge in [0.25, 0.3) is 0 Å². The zero-order chi connectivity index (χ0) is 16.1. The van der Waals surface area contributed by atoms with Crippen LogP contribution in [-0.2, 0) is 0 Å². The summed E-state index contributed by atoms with van der Waals surface area (Å²) >= 11 is 0. The summed E-state index contributed by atoms with van der Waals surface area (Å²) in [5.74, 6) is -0.201. The first-order valence-electron chi connectivity index (χ1n) is 8.04. The van der Waals surface area contributed by atoms with Gasteiger partial charge >= 0.3 is 0 Å². The Labute approximate surface area is 131 Å². The Morgan fingerprint density at radius 3 is 2.59 bits per heavy atom. The molecular weight excluding hydrogens is 284 g/mol. The van der Waals surface area contributed by atoms with Crippen molar-refractivity contribution in [3.8, 4) is 0 Å². The van der Waals surface area contributed by atoms with Crippen LogP contribution in [-0.4, -0.2) is 37.0 Å². The van der Waals surface area contributed by atoms with E-state index in [0.29, 0.717) is 6.54 Å². The van der Waals surface area contributed by atoms with Crippen LogP contribution in [0.15, 0.2) is 23.2 Å². The maximum atomic E-state index is 13.8. The average molecular weight is 309 g/mol. The smallest absolute Gasteiger partial charge is 0.193 e. The van der Waals surface area contributed by atoms with Crippen molar-refractivity contribution < 1.29 is 8.78 Å². The molecule has 0 heterocycles. The molecule has 0 bridgehead atoms. The Bertz CT molecular complexity index is 510. The van der Waals surface area contributed by atoms with Crippen LogP contribution in [0.1, 0.15) is 44.6 Å². The maximum Gasteiger partial charge on any atom is 0.193 e. The second kappa shape index (κ2) is 7.56. The van der Waals surface area contributed by atoms with Gasteiger partial charge in [-0.2, -0.15) is 0 Å². The number of guanidine groups is 1. The first-order valence-corrected chi connectivity index (χ1v) is 8.04. The van der Waals surface area contributed by atoms with Gasteiger partial charge in [0.05, 0.1) is 0 Å². The molecule has 0 spiro atoms. The van der Waals surface area contributed by atoms with Gasteiger partial charge < -0.3 is 10.2 Å². The molecule has 122 valence electrons. The molecule has 3 nitrogen and oxygen atoms in total. The summed E-state index contributed by atoms with van der Waals surface area (Å²) in [6, 6.07) is 4.10. The van der Waals surface area contributed by atoms with Crippen LogP contribution in [0, 0.1) is 11.6 Å². The summed E-state index contributed by atoms with van der Waals surface area (Å²) in [4.78, 5) is 6.56. The highest BCUT2D eigenvalue weighted by atomic mass is 19.1. The van der Waals surface area contributed by atoms with E-state index >= 15 is 0 Å². The van der Waals surface area contributed by atoms with Gasteiger partial charge in [-0.3, -0.25) is 4.99 Å². The number of unbranched alkanes of at least 4 members (excludes halogenated alkanes) is 1. The Morgan fingerprint density at radius 1 is 1.32 bits per heavy atom. The topological polar surface area (TPSA) is 27.6 Å². The fraction of sp³-hybridized carbons (Fsp3) is 0.588. The molecule has 2 unspecified atom stereocenters. The molecule has 1 aliphatic rings. The quantitative estimate of drug-likeness (QED) is 0.643. The molecule has 0 radical (unpaired) electrons. The normalized spacial score (nSPS) is 20.9. The molecule has 2 atom stereocenters. The SMILES string of the molecule is CCCCN(C)C(=NCC)NC1CC1c1c(F)cccc1F. The van der Waals surface area contributed by atoms with Gasteiger partial charge in [-0.15, -0.1) is 0 Å². The number of halogens is 2. The highest BCUT2D eigenvalue weighted by molar-refractivity contribution is 5.80. The van der Waals surface area contributed by atoms with Crippen LogP contribution in [0.4, 0.5) is 8.78 Å². The van der Waals surface area contributed by atoms with Gasteiger partial charge in [0, 0.05) is 37.7 Å². The van der Waals surface area contributed by atoms with E-state index in [0.717, 1.165) is 31.8 Å². The maximum absolute atomic E-state index is 13.8. The van der Waals surface area contributed by atoms with E-state index in [1.54, 1.807) is 0 Å². The van der Waals surface area contributed by atoms with Crippen molar-refractivity contribution in [1.29, 1.82) is 0 Å². The van der Waals surface area contributed by atoms with Crippen molar-refractivity contribution in [3.63, 3.8) is 0 Å². The van der Waals surface area contributed by atoms with Crippen LogP contribution < -0.4 is 5.32 Å². The van der Waals surface area contributed by atoms with E-state index in [1.165, 1.54) is 18.2 Å². The predicted molar refractivity (Wildman–Crippen MR) is 86.2 cm³/mol. The van der Waals surface area contributed by atoms with Crippen LogP contribution in [0.25, 0.3) is 0 Å². The van der Waals surface area contributed by atoms with E-state index in [9.17, 15) is 8.78 Å². The van der Waals surface area contributed by atoms with Crippen molar-refractivity contribution in [2.75, 3.05) is 20.1 Å². The molecule has 1 fully saturated rings. The highest BCUT2D eigenvalue weighted by Gasteiger charge is 2.42. The van der Waals surface area contributed by atoms with E-state index in [2.05, 4.69) is 22.1 Å². The first-order chi connectivity index (χ1) is 10.6. The minimum Gasteiger partial charge on any atom is -0.353 e. The summed E-state index contributed by atoms with van der Waals surface area (Å²) in [6.45, 7) is 5.74. The lowest BCUT2D eigenvalue weighted by Crippen LogP contribution is -2.41. The van der Waals surface area contributed by atoms with Gasteiger partial charge in [0.15, 0.2) is 5.96 Å². The van der Waals surface area contributed by atoms with E-state index in [-0.39, 0.29) is 17.5 Å². The number of nitrogens with one attached hydrogen (secondary N) is 1. The van der Waals surface area contributed by atoms with Crippen molar-refractivity contribution in [1.82, 2.24) is 10.2 Å². The lowest BCUT2D eigenvalue weighted by atomic mass is 10.1. The standard InChI is InChI=1S/C17H25F2N3/c1-4-6-10-22(3)17(20-5-2)21-15-11-12(15)16-13(18)8-7-9-14(16)19/h7-9,12,15H,4-6,10-11H2,1-3H3,(H,20,21). The number of benzene rings is 1. The Morgan fingerprint density at radius 2 is 2.00 bits per heavy atom. The summed E-state index contributed by atoms with van der Waals surface area (Å²) in [5.41, 5.74) is 0.201. The third-order valence-corrected chi connectivity index (χ3v) is 3.99. The van der Waals surface area contributed by atoms with Gasteiger partial charge in [-0.05, 0) is 31.9 Å².